The fraction of sp³-hybridized carbons (Fsp3) is 0.375. The molecule has 0 aliphatic heterocycles. The van der Waals surface area contributed by atoms with Gasteiger partial charge in [0.2, 0.25) is 5.91 Å². The van der Waals surface area contributed by atoms with Gasteiger partial charge in [0.25, 0.3) is 0 Å². The van der Waals surface area contributed by atoms with Crippen LogP contribution < -0.4 is 10.6 Å². The highest BCUT2D eigenvalue weighted by atomic mass is 19.4. The number of hydrogen-bond donors (Lipinski definition) is 3. The summed E-state index contributed by atoms with van der Waals surface area (Å²) in [5.41, 5.74) is 3.82. The molecule has 3 rings (SSSR count). The number of halogens is 3. The second-order valence-electron chi connectivity index (χ2n) is 7.97. The van der Waals surface area contributed by atoms with Crippen molar-refractivity contribution >= 4 is 18.0 Å². The van der Waals surface area contributed by atoms with Crippen molar-refractivity contribution in [3.8, 4) is 11.1 Å². The average molecular weight is 478 g/mol. The van der Waals surface area contributed by atoms with E-state index in [1.807, 2.05) is 48.5 Å². The second kappa shape index (κ2) is 11.0. The van der Waals surface area contributed by atoms with Gasteiger partial charge in [-0.25, -0.2) is 4.79 Å². The van der Waals surface area contributed by atoms with Crippen LogP contribution in [0.5, 0.6) is 0 Å². The summed E-state index contributed by atoms with van der Waals surface area (Å²) >= 11 is 0. The number of carbonyl (C=O) groups excluding carboxylic acids is 2. The van der Waals surface area contributed by atoms with Gasteiger partial charge in [-0.3, -0.25) is 9.59 Å². The molecule has 0 bridgehead atoms. The minimum Gasteiger partial charge on any atom is -0.481 e. The third-order valence-corrected chi connectivity index (χ3v) is 5.56. The number of benzene rings is 2. The van der Waals surface area contributed by atoms with E-state index in [1.54, 1.807) is 5.32 Å². The Hall–Kier alpha value is -3.56. The number of alkyl carbamates (subject to hydrolysis) is 1. The predicted octanol–water partition coefficient (Wildman–Crippen LogP) is 4.22. The maximum Gasteiger partial charge on any atom is 0.409 e. The Morgan fingerprint density at radius 1 is 0.971 bits per heavy atom. The Balaban J connectivity index is 1.54. The molecule has 0 saturated carbocycles. The van der Waals surface area contributed by atoms with E-state index >= 15 is 0 Å². The molecular weight excluding hydrogens is 453 g/mol. The Morgan fingerprint density at radius 2 is 1.56 bits per heavy atom. The van der Waals surface area contributed by atoms with E-state index in [1.165, 1.54) is 0 Å². The maximum absolute atomic E-state index is 13.4. The van der Waals surface area contributed by atoms with Crippen LogP contribution in [0.2, 0.25) is 0 Å². The molecule has 2 aromatic rings. The number of aliphatic carboxylic acids is 1. The van der Waals surface area contributed by atoms with E-state index in [4.69, 9.17) is 9.84 Å². The molecule has 2 aromatic carbocycles. The van der Waals surface area contributed by atoms with Crippen molar-refractivity contribution in [1.82, 2.24) is 10.6 Å². The molecule has 1 aliphatic carbocycles. The quantitative estimate of drug-likeness (QED) is 0.444. The van der Waals surface area contributed by atoms with Crippen molar-refractivity contribution in [1.29, 1.82) is 0 Å². The van der Waals surface area contributed by atoms with Gasteiger partial charge in [0.05, 0.1) is 6.42 Å². The number of hydrogen-bond acceptors (Lipinski definition) is 4. The van der Waals surface area contributed by atoms with E-state index in [-0.39, 0.29) is 31.9 Å². The van der Waals surface area contributed by atoms with Crippen LogP contribution in [0.4, 0.5) is 18.0 Å². The smallest absolute Gasteiger partial charge is 0.409 e. The van der Waals surface area contributed by atoms with Crippen LogP contribution >= 0.6 is 0 Å². The minimum atomic E-state index is -4.85. The fourth-order valence-electron chi connectivity index (χ4n) is 3.92. The number of amides is 2. The van der Waals surface area contributed by atoms with E-state index in [0.29, 0.717) is 6.42 Å². The topological polar surface area (TPSA) is 105 Å². The maximum atomic E-state index is 13.4. The normalized spacial score (nSPS) is 13.5. The lowest BCUT2D eigenvalue weighted by atomic mass is 9.98. The van der Waals surface area contributed by atoms with Crippen molar-refractivity contribution in [3.05, 3.63) is 59.7 Å². The van der Waals surface area contributed by atoms with Gasteiger partial charge in [-0.05, 0) is 35.1 Å². The average Bonchev–Trinajstić information content (AvgIpc) is 3.10. The number of alkyl halides is 3. The molecule has 2 amide bonds. The summed E-state index contributed by atoms with van der Waals surface area (Å²) in [5, 5.41) is 12.6. The number of nitrogens with one attached hydrogen (secondary N) is 2. The van der Waals surface area contributed by atoms with E-state index in [0.717, 1.165) is 22.3 Å². The van der Waals surface area contributed by atoms with Crippen LogP contribution in [0.3, 0.4) is 0 Å². The Morgan fingerprint density at radius 3 is 2.12 bits per heavy atom. The summed E-state index contributed by atoms with van der Waals surface area (Å²) in [5.74, 6) is -2.20. The first-order valence-electron chi connectivity index (χ1n) is 10.8. The van der Waals surface area contributed by atoms with Crippen LogP contribution in [-0.2, 0) is 14.3 Å². The molecule has 34 heavy (non-hydrogen) atoms. The lowest BCUT2D eigenvalue weighted by Crippen LogP contribution is -2.48. The van der Waals surface area contributed by atoms with Gasteiger partial charge in [0.1, 0.15) is 12.6 Å². The Bertz CT molecular complexity index is 996. The van der Waals surface area contributed by atoms with E-state index in [9.17, 15) is 27.6 Å². The lowest BCUT2D eigenvalue weighted by Gasteiger charge is -2.22. The van der Waals surface area contributed by atoms with Crippen molar-refractivity contribution < 1.29 is 37.4 Å². The third kappa shape index (κ3) is 6.49. The summed E-state index contributed by atoms with van der Waals surface area (Å²) in [7, 11) is 0. The highest BCUT2D eigenvalue weighted by Crippen LogP contribution is 2.44. The van der Waals surface area contributed by atoms with Crippen molar-refractivity contribution in [2.75, 3.05) is 13.2 Å². The van der Waals surface area contributed by atoms with Crippen LogP contribution in [0, 0.1) is 0 Å². The van der Waals surface area contributed by atoms with Gasteiger partial charge in [-0.1, -0.05) is 48.5 Å². The highest BCUT2D eigenvalue weighted by Gasteiger charge is 2.42. The van der Waals surface area contributed by atoms with E-state index < -0.39 is 36.6 Å². The van der Waals surface area contributed by atoms with Crippen LogP contribution in [0.15, 0.2) is 48.5 Å². The standard InChI is InChI=1S/C24H25F3N2O5/c25-24(26,27)20(13-21(30)28-12-6-5-11-22(31)32)29-23(33)34-14-19-17-9-3-1-7-15(17)16-8-2-4-10-18(16)19/h1-4,7-10,19-20H,5-6,11-14H2,(H,28,30)(H,29,33)(H,31,32). The number of unbranched alkanes of at least 4 members (excludes halogenated alkanes) is 1. The molecule has 1 atom stereocenters. The van der Waals surface area contributed by atoms with Gasteiger partial charge in [0, 0.05) is 18.9 Å². The molecule has 182 valence electrons. The zero-order chi connectivity index (χ0) is 24.7. The number of carboxylic acid groups (broad SMARTS) is 1. The summed E-state index contributed by atoms with van der Waals surface area (Å²) in [6.07, 6.45) is -6.62. The predicted molar refractivity (Wildman–Crippen MR) is 117 cm³/mol. The van der Waals surface area contributed by atoms with Crippen molar-refractivity contribution in [3.63, 3.8) is 0 Å². The molecule has 10 heteroatoms. The zero-order valence-electron chi connectivity index (χ0n) is 18.2. The summed E-state index contributed by atoms with van der Waals surface area (Å²) in [6, 6.07) is 12.7. The zero-order valence-corrected chi connectivity index (χ0v) is 18.2. The fourth-order valence-corrected chi connectivity index (χ4v) is 3.92. The molecule has 3 N–H and O–H groups in total. The molecular formula is C24H25F3N2O5. The Kier molecular flexibility index (Phi) is 8.14. The molecule has 7 nitrogen and oxygen atoms in total. The molecule has 0 radical (unpaired) electrons. The number of rotatable bonds is 10. The first-order valence-corrected chi connectivity index (χ1v) is 10.8. The summed E-state index contributed by atoms with van der Waals surface area (Å²) in [6.45, 7) is -0.109. The molecule has 0 heterocycles. The van der Waals surface area contributed by atoms with Crippen LogP contribution in [0.1, 0.15) is 42.7 Å². The molecule has 0 aromatic heterocycles. The van der Waals surface area contributed by atoms with Crippen molar-refractivity contribution in [2.24, 2.45) is 0 Å². The summed E-state index contributed by atoms with van der Waals surface area (Å²) < 4.78 is 45.3. The molecule has 1 unspecified atom stereocenters. The van der Waals surface area contributed by atoms with Gasteiger partial charge in [-0.15, -0.1) is 0 Å². The number of fused-ring (bicyclic) bond motifs is 3. The highest BCUT2D eigenvalue weighted by molar-refractivity contribution is 5.79. The monoisotopic (exact) mass is 478 g/mol. The Labute approximate surface area is 194 Å². The van der Waals surface area contributed by atoms with Crippen LogP contribution in [0.25, 0.3) is 11.1 Å². The van der Waals surface area contributed by atoms with Crippen LogP contribution in [-0.4, -0.2) is 48.4 Å². The van der Waals surface area contributed by atoms with E-state index in [2.05, 4.69) is 5.32 Å². The lowest BCUT2D eigenvalue weighted by molar-refractivity contribution is -0.160. The second-order valence-corrected chi connectivity index (χ2v) is 7.97. The molecule has 0 spiro atoms. The SMILES string of the molecule is O=C(O)CCCCNC(=O)CC(NC(=O)OCC1c2ccccc2-c2ccccc21)C(F)(F)F. The van der Waals surface area contributed by atoms with Gasteiger partial charge in [-0.2, -0.15) is 13.2 Å². The minimum absolute atomic E-state index is 0.0433. The summed E-state index contributed by atoms with van der Waals surface area (Å²) in [4.78, 5) is 34.6. The largest absolute Gasteiger partial charge is 0.481 e. The van der Waals surface area contributed by atoms with Crippen molar-refractivity contribution in [2.45, 2.75) is 43.8 Å². The third-order valence-electron chi connectivity index (χ3n) is 5.56. The van der Waals surface area contributed by atoms with Gasteiger partial charge in [0.15, 0.2) is 0 Å². The van der Waals surface area contributed by atoms with Gasteiger partial charge >= 0.3 is 18.2 Å². The number of carboxylic acids is 1. The number of carbonyl (C=O) groups is 3. The molecule has 0 fully saturated rings. The number of ether oxygens (including phenoxy) is 1. The molecule has 1 aliphatic rings. The first kappa shape index (κ1) is 25.1. The molecule has 0 saturated heterocycles. The first-order chi connectivity index (χ1) is 16.2. The van der Waals surface area contributed by atoms with Gasteiger partial charge < -0.3 is 20.5 Å².